The molecule has 0 aromatic rings. The number of ether oxygens (including phenoxy) is 2. The Morgan fingerprint density at radius 1 is 0.542 bits per heavy atom. The Kier molecular flexibility index (Phi) is 43.3. The molecule has 0 amide bonds. The summed E-state index contributed by atoms with van der Waals surface area (Å²) >= 11 is 0. The Balaban J connectivity index is 4.15. The van der Waals surface area contributed by atoms with Crippen molar-refractivity contribution in [2.45, 2.75) is 244 Å². The van der Waals surface area contributed by atoms with Crippen LogP contribution in [-0.2, 0) is 32.7 Å². The summed E-state index contributed by atoms with van der Waals surface area (Å²) in [6.45, 7) is 3.88. The summed E-state index contributed by atoms with van der Waals surface area (Å²) in [7, 11) is -4.62. The summed E-state index contributed by atoms with van der Waals surface area (Å²) in [6.07, 6.45) is 49.4. The Hall–Kier alpha value is -1.55. The van der Waals surface area contributed by atoms with Gasteiger partial charge in [-0.2, -0.15) is 0 Å². The molecule has 11 heteroatoms. The minimum Gasteiger partial charge on any atom is -0.480 e. The van der Waals surface area contributed by atoms with Crippen molar-refractivity contribution in [1.82, 2.24) is 0 Å². The number of phosphoric acid groups is 1. The highest BCUT2D eigenvalue weighted by atomic mass is 31.2. The fourth-order valence-corrected chi connectivity index (χ4v) is 7.71. The van der Waals surface area contributed by atoms with Gasteiger partial charge in [0.15, 0.2) is 0 Å². The molecule has 59 heavy (non-hydrogen) atoms. The van der Waals surface area contributed by atoms with Gasteiger partial charge in [0, 0.05) is 13.0 Å². The van der Waals surface area contributed by atoms with Crippen molar-refractivity contribution < 1.29 is 42.7 Å². The van der Waals surface area contributed by atoms with Gasteiger partial charge in [-0.1, -0.05) is 205 Å². The normalized spacial score (nSPS) is 14.0. The third-order valence-corrected chi connectivity index (χ3v) is 11.7. The van der Waals surface area contributed by atoms with E-state index in [0.29, 0.717) is 13.0 Å². The summed E-state index contributed by atoms with van der Waals surface area (Å²) < 4.78 is 33.4. The molecule has 0 aromatic carbocycles. The number of carbonyl (C=O) groups is 2. The summed E-state index contributed by atoms with van der Waals surface area (Å²) in [6, 6.07) is -1.47. The van der Waals surface area contributed by atoms with E-state index < -0.39 is 45.1 Å². The maximum Gasteiger partial charge on any atom is 0.472 e. The van der Waals surface area contributed by atoms with Crippen LogP contribution in [0.3, 0.4) is 0 Å². The SMILES string of the molecule is CCCCCC/C=C\C/C=C\CCCCCCCCOCC(COP(=O)(O)OCC(N)C(=O)O)OC(=O)CCCCCCCCCCCCCCCCCCCCCC. The monoisotopic (exact) mass is 858 g/mol. The molecule has 4 N–H and O–H groups in total. The third kappa shape index (κ3) is 44.3. The average molecular weight is 858 g/mol. The van der Waals surface area contributed by atoms with E-state index in [9.17, 15) is 19.0 Å². The first kappa shape index (κ1) is 57.4. The molecule has 0 aromatic heterocycles. The largest absolute Gasteiger partial charge is 0.480 e. The lowest BCUT2D eigenvalue weighted by Gasteiger charge is -2.20. The number of unbranched alkanes of at least 4 members (excludes halogenated alkanes) is 29. The van der Waals surface area contributed by atoms with Crippen molar-refractivity contribution in [3.63, 3.8) is 0 Å². The Bertz CT molecular complexity index is 1040. The van der Waals surface area contributed by atoms with Gasteiger partial charge in [-0.3, -0.25) is 18.6 Å². The van der Waals surface area contributed by atoms with Gasteiger partial charge in [-0.15, -0.1) is 0 Å². The molecule has 3 unspecified atom stereocenters. The third-order valence-electron chi connectivity index (χ3n) is 10.7. The molecular formula is C48H92NO9P. The molecule has 0 saturated heterocycles. The lowest BCUT2D eigenvalue weighted by molar-refractivity contribution is -0.154. The van der Waals surface area contributed by atoms with Crippen LogP contribution in [-0.4, -0.2) is 60.5 Å². The lowest BCUT2D eigenvalue weighted by atomic mass is 10.0. The predicted molar refractivity (Wildman–Crippen MR) is 245 cm³/mol. The van der Waals surface area contributed by atoms with Gasteiger partial charge in [0.2, 0.25) is 0 Å². The number of carbonyl (C=O) groups excluding carboxylic acids is 1. The van der Waals surface area contributed by atoms with Crippen LogP contribution in [0.1, 0.15) is 232 Å². The van der Waals surface area contributed by atoms with Gasteiger partial charge in [-0.05, 0) is 44.9 Å². The number of allylic oxidation sites excluding steroid dienone is 4. The molecule has 0 saturated carbocycles. The number of nitrogens with two attached hydrogens (primary N) is 1. The summed E-state index contributed by atoms with van der Waals surface area (Å²) in [5.41, 5.74) is 5.37. The van der Waals surface area contributed by atoms with Gasteiger partial charge in [-0.25, -0.2) is 4.57 Å². The average Bonchev–Trinajstić information content (AvgIpc) is 3.21. The highest BCUT2D eigenvalue weighted by molar-refractivity contribution is 7.47. The summed E-state index contributed by atoms with van der Waals surface area (Å²) in [5, 5.41) is 8.91. The van der Waals surface area contributed by atoms with Gasteiger partial charge in [0.25, 0.3) is 0 Å². The van der Waals surface area contributed by atoms with Crippen LogP contribution in [0.5, 0.6) is 0 Å². The summed E-state index contributed by atoms with van der Waals surface area (Å²) in [5.74, 6) is -1.77. The van der Waals surface area contributed by atoms with Crippen LogP contribution in [0.2, 0.25) is 0 Å². The standard InChI is InChI=1S/C48H92NO9P/c1-3-5-7-9-11-13-15-17-19-21-22-23-24-26-28-30-32-34-36-38-40-47(50)58-45(43-56-59(53,54)57-44-46(49)48(51)52)42-55-41-39-37-35-33-31-29-27-25-20-18-16-14-12-10-8-6-4-2/h14,16,20,25,45-46H,3-13,15,17-19,21-24,26-44,49H2,1-2H3,(H,51,52)(H,53,54)/b16-14-,25-20-. The van der Waals surface area contributed by atoms with Crippen molar-refractivity contribution in [1.29, 1.82) is 0 Å². The minimum absolute atomic E-state index is 0.0139. The van der Waals surface area contributed by atoms with E-state index in [2.05, 4.69) is 38.2 Å². The second kappa shape index (κ2) is 44.5. The Morgan fingerprint density at radius 3 is 1.39 bits per heavy atom. The van der Waals surface area contributed by atoms with E-state index in [-0.39, 0.29) is 13.0 Å². The van der Waals surface area contributed by atoms with Crippen LogP contribution in [0.25, 0.3) is 0 Å². The van der Waals surface area contributed by atoms with Crippen molar-refractivity contribution in [3.05, 3.63) is 24.3 Å². The molecule has 0 heterocycles. The zero-order valence-corrected chi connectivity index (χ0v) is 39.0. The molecule has 0 rings (SSSR count). The van der Waals surface area contributed by atoms with Gasteiger partial charge >= 0.3 is 19.8 Å². The Morgan fingerprint density at radius 2 is 0.932 bits per heavy atom. The van der Waals surface area contributed by atoms with Crippen LogP contribution < -0.4 is 5.73 Å². The molecule has 3 atom stereocenters. The number of carboxylic acid groups (broad SMARTS) is 1. The Labute approximate surface area is 362 Å². The zero-order valence-electron chi connectivity index (χ0n) is 38.1. The summed E-state index contributed by atoms with van der Waals surface area (Å²) in [4.78, 5) is 33.6. The molecule has 10 nitrogen and oxygen atoms in total. The number of esters is 1. The first-order valence-corrected chi connectivity index (χ1v) is 25.9. The smallest absolute Gasteiger partial charge is 0.472 e. The molecule has 0 aliphatic carbocycles. The molecule has 0 aliphatic rings. The number of rotatable bonds is 47. The topological polar surface area (TPSA) is 155 Å². The molecule has 348 valence electrons. The molecule has 0 radical (unpaired) electrons. The van der Waals surface area contributed by atoms with E-state index >= 15 is 0 Å². The number of phosphoric ester groups is 1. The van der Waals surface area contributed by atoms with Gasteiger partial charge in [0.05, 0.1) is 19.8 Å². The van der Waals surface area contributed by atoms with Gasteiger partial charge in [0.1, 0.15) is 12.1 Å². The van der Waals surface area contributed by atoms with Crippen molar-refractivity contribution >= 4 is 19.8 Å². The van der Waals surface area contributed by atoms with E-state index in [1.807, 2.05) is 0 Å². The molecular weight excluding hydrogens is 765 g/mol. The molecule has 0 bridgehead atoms. The van der Waals surface area contributed by atoms with E-state index in [1.165, 1.54) is 161 Å². The fourth-order valence-electron chi connectivity index (χ4n) is 6.93. The van der Waals surface area contributed by atoms with Crippen LogP contribution in [0.4, 0.5) is 0 Å². The number of hydrogen-bond acceptors (Lipinski definition) is 8. The fraction of sp³-hybridized carbons (Fsp3) is 0.875. The highest BCUT2D eigenvalue weighted by Crippen LogP contribution is 2.43. The minimum atomic E-state index is -4.62. The molecule has 0 aliphatic heterocycles. The van der Waals surface area contributed by atoms with Crippen LogP contribution in [0, 0.1) is 0 Å². The van der Waals surface area contributed by atoms with E-state index in [1.54, 1.807) is 0 Å². The second-order valence-electron chi connectivity index (χ2n) is 16.6. The zero-order chi connectivity index (χ0) is 43.3. The first-order chi connectivity index (χ1) is 28.7. The maximum absolute atomic E-state index is 12.7. The lowest BCUT2D eigenvalue weighted by Crippen LogP contribution is -2.34. The second-order valence-corrected chi connectivity index (χ2v) is 18.1. The van der Waals surface area contributed by atoms with Crippen LogP contribution >= 0.6 is 7.82 Å². The van der Waals surface area contributed by atoms with Crippen molar-refractivity contribution in [3.8, 4) is 0 Å². The number of aliphatic carboxylic acids is 1. The van der Waals surface area contributed by atoms with E-state index in [4.69, 9.17) is 29.4 Å². The van der Waals surface area contributed by atoms with E-state index in [0.717, 1.165) is 44.9 Å². The maximum atomic E-state index is 12.7. The molecule has 0 fully saturated rings. The van der Waals surface area contributed by atoms with Crippen LogP contribution in [0.15, 0.2) is 24.3 Å². The predicted octanol–water partition coefficient (Wildman–Crippen LogP) is 13.9. The number of hydrogen-bond donors (Lipinski definition) is 3. The highest BCUT2D eigenvalue weighted by Gasteiger charge is 2.27. The first-order valence-electron chi connectivity index (χ1n) is 24.4. The molecule has 0 spiro atoms. The quantitative estimate of drug-likeness (QED) is 0.0233. The van der Waals surface area contributed by atoms with Crippen molar-refractivity contribution in [2.75, 3.05) is 26.4 Å². The number of carboxylic acids is 1. The van der Waals surface area contributed by atoms with Gasteiger partial charge < -0.3 is 25.2 Å². The van der Waals surface area contributed by atoms with Crippen molar-refractivity contribution in [2.24, 2.45) is 5.73 Å².